The molecule has 1 aromatic rings. The van der Waals surface area contributed by atoms with Gasteiger partial charge in [0.2, 0.25) is 0 Å². The minimum atomic E-state index is -4.98. The molecule has 2 aliphatic carbocycles. The second-order valence-electron chi connectivity index (χ2n) is 7.90. The van der Waals surface area contributed by atoms with Gasteiger partial charge in [-0.2, -0.15) is 26.3 Å². The molecular formula is C21H19ClF6O2. The largest absolute Gasteiger partial charge is 0.416 e. The predicted octanol–water partition coefficient (Wildman–Crippen LogP) is 6.46. The van der Waals surface area contributed by atoms with Gasteiger partial charge in [-0.15, -0.1) is 11.6 Å². The highest BCUT2D eigenvalue weighted by molar-refractivity contribution is 6.22. The average Bonchev–Trinajstić information content (AvgIpc) is 2.63. The van der Waals surface area contributed by atoms with Gasteiger partial charge in [-0.25, -0.2) is 0 Å². The molecule has 1 aromatic carbocycles. The monoisotopic (exact) mass is 452 g/mol. The molecule has 2 aliphatic rings. The van der Waals surface area contributed by atoms with Crippen molar-refractivity contribution in [3.05, 3.63) is 46.5 Å². The van der Waals surface area contributed by atoms with E-state index in [0.717, 1.165) is 19.3 Å². The van der Waals surface area contributed by atoms with E-state index in [1.54, 1.807) is 6.08 Å². The predicted molar refractivity (Wildman–Crippen MR) is 98.1 cm³/mol. The molecule has 30 heavy (non-hydrogen) atoms. The summed E-state index contributed by atoms with van der Waals surface area (Å²) in [6.07, 6.45) is -5.90. The van der Waals surface area contributed by atoms with E-state index < -0.39 is 41.0 Å². The van der Waals surface area contributed by atoms with Crippen molar-refractivity contribution in [2.75, 3.05) is 0 Å². The summed E-state index contributed by atoms with van der Waals surface area (Å²) in [5, 5.41) is -0.0481. The number of hydrogen-bond donors (Lipinski definition) is 0. The summed E-state index contributed by atoms with van der Waals surface area (Å²) in [7, 11) is 0. The van der Waals surface area contributed by atoms with Crippen molar-refractivity contribution in [2.24, 2.45) is 5.92 Å². The molecule has 2 saturated carbocycles. The number of rotatable bonds is 2. The molecule has 0 aliphatic heterocycles. The van der Waals surface area contributed by atoms with Crippen LogP contribution in [-0.4, -0.2) is 16.9 Å². The van der Waals surface area contributed by atoms with Gasteiger partial charge in [0.05, 0.1) is 16.7 Å². The first-order valence-electron chi connectivity index (χ1n) is 9.56. The van der Waals surface area contributed by atoms with Crippen LogP contribution in [0.1, 0.15) is 61.1 Å². The second-order valence-corrected chi connectivity index (χ2v) is 8.51. The number of halogens is 7. The summed E-state index contributed by atoms with van der Waals surface area (Å²) < 4.78 is 78.5. The molecular weight excluding hydrogens is 434 g/mol. The Labute approximate surface area is 174 Å². The number of alkyl halides is 7. The van der Waals surface area contributed by atoms with E-state index >= 15 is 0 Å². The minimum Gasteiger partial charge on any atom is -0.294 e. The molecule has 2 unspecified atom stereocenters. The maximum Gasteiger partial charge on any atom is 0.416 e. The van der Waals surface area contributed by atoms with Crippen LogP contribution < -0.4 is 0 Å². The zero-order valence-corrected chi connectivity index (χ0v) is 16.5. The van der Waals surface area contributed by atoms with E-state index in [0.29, 0.717) is 18.6 Å². The van der Waals surface area contributed by atoms with Gasteiger partial charge in [-0.05, 0) is 54.9 Å². The van der Waals surface area contributed by atoms with Crippen molar-refractivity contribution in [2.45, 2.75) is 62.2 Å². The molecule has 0 saturated heterocycles. The Balaban J connectivity index is 1.88. The fourth-order valence-corrected chi connectivity index (χ4v) is 4.47. The Bertz CT molecular complexity index is 819. The first-order valence-corrected chi connectivity index (χ1v) is 10.00. The molecule has 0 aromatic heterocycles. The van der Waals surface area contributed by atoms with Crippen molar-refractivity contribution >= 4 is 23.2 Å². The Morgan fingerprint density at radius 3 is 1.87 bits per heavy atom. The number of carbonyl (C=O) groups is 2. The lowest BCUT2D eigenvalue weighted by atomic mass is 9.77. The van der Waals surface area contributed by atoms with E-state index in [9.17, 15) is 35.9 Å². The van der Waals surface area contributed by atoms with Crippen LogP contribution in [0, 0.1) is 5.92 Å². The normalized spacial score (nSPS) is 26.1. The highest BCUT2D eigenvalue weighted by Crippen LogP contribution is 2.41. The third kappa shape index (κ3) is 5.25. The Morgan fingerprint density at radius 1 is 0.867 bits per heavy atom. The van der Waals surface area contributed by atoms with E-state index in [1.807, 2.05) is 0 Å². The van der Waals surface area contributed by atoms with Gasteiger partial charge in [0.25, 0.3) is 0 Å². The Morgan fingerprint density at radius 2 is 1.40 bits per heavy atom. The number of ketones is 2. The molecule has 0 radical (unpaired) electrons. The van der Waals surface area contributed by atoms with E-state index in [2.05, 4.69) is 0 Å². The number of Topliss-reactive ketones (excluding diaryl/α,β-unsaturated/α-hetero) is 2. The first-order chi connectivity index (χ1) is 13.8. The molecule has 0 bridgehead atoms. The van der Waals surface area contributed by atoms with Crippen LogP contribution in [0.5, 0.6) is 0 Å². The SMILES string of the molecule is O=C1CC(c2cc(C(F)(F)F)cc(C(F)(F)F)c2)CC(=O)C1=CC1CCCC(Cl)C1. The lowest BCUT2D eigenvalue weighted by Crippen LogP contribution is -2.27. The molecule has 2 atom stereocenters. The minimum absolute atomic E-state index is 0.00922. The summed E-state index contributed by atoms with van der Waals surface area (Å²) in [6, 6.07) is 1.22. The maximum atomic E-state index is 13.1. The third-order valence-corrected chi connectivity index (χ3v) is 6.00. The van der Waals surface area contributed by atoms with Crippen molar-refractivity contribution in [3.63, 3.8) is 0 Å². The Kier molecular flexibility index (Phi) is 6.37. The van der Waals surface area contributed by atoms with Crippen molar-refractivity contribution in [1.29, 1.82) is 0 Å². The highest BCUT2D eigenvalue weighted by Gasteiger charge is 2.39. The van der Waals surface area contributed by atoms with Crippen LogP contribution in [0.2, 0.25) is 0 Å². The van der Waals surface area contributed by atoms with Crippen molar-refractivity contribution < 1.29 is 35.9 Å². The zero-order chi connectivity index (χ0) is 22.3. The summed E-state index contributed by atoms with van der Waals surface area (Å²) in [6.45, 7) is 0. The first kappa shape index (κ1) is 22.8. The smallest absolute Gasteiger partial charge is 0.294 e. The molecule has 0 amide bonds. The number of carbonyl (C=O) groups excluding carboxylic acids is 2. The molecule has 2 nitrogen and oxygen atoms in total. The number of allylic oxidation sites excluding steroid dienone is 2. The lowest BCUT2D eigenvalue weighted by molar-refractivity contribution is -0.143. The number of hydrogen-bond acceptors (Lipinski definition) is 2. The van der Waals surface area contributed by atoms with Crippen molar-refractivity contribution in [3.8, 4) is 0 Å². The second kappa shape index (κ2) is 8.36. The van der Waals surface area contributed by atoms with Crippen LogP contribution in [0.25, 0.3) is 0 Å². The van der Waals surface area contributed by atoms with Gasteiger partial charge in [0.1, 0.15) is 0 Å². The van der Waals surface area contributed by atoms with Crippen molar-refractivity contribution in [1.82, 2.24) is 0 Å². The third-order valence-electron chi connectivity index (χ3n) is 5.60. The molecule has 3 rings (SSSR count). The fourth-order valence-electron chi connectivity index (χ4n) is 4.08. The van der Waals surface area contributed by atoms with E-state index in [-0.39, 0.29) is 41.3 Å². The standard InChI is InChI=1S/C21H19ClF6O2/c22-16-3-1-2-11(4-16)5-17-18(29)8-13(9-19(17)30)12-6-14(20(23,24)25)10-15(7-12)21(26,27)28/h5-7,10-11,13,16H,1-4,8-9H2. The lowest BCUT2D eigenvalue weighted by Gasteiger charge is -2.27. The van der Waals surface area contributed by atoms with Gasteiger partial charge < -0.3 is 0 Å². The maximum absolute atomic E-state index is 13.1. The summed E-state index contributed by atoms with van der Waals surface area (Å²) in [5.41, 5.74) is -3.23. The van der Waals surface area contributed by atoms with Gasteiger partial charge in [-0.3, -0.25) is 9.59 Å². The average molecular weight is 453 g/mol. The van der Waals surface area contributed by atoms with Crippen LogP contribution in [0.15, 0.2) is 29.8 Å². The molecule has 2 fully saturated rings. The number of benzene rings is 1. The van der Waals surface area contributed by atoms with Gasteiger partial charge in [-0.1, -0.05) is 12.5 Å². The van der Waals surface area contributed by atoms with E-state index in [1.165, 1.54) is 0 Å². The van der Waals surface area contributed by atoms with Crippen LogP contribution >= 0.6 is 11.6 Å². The van der Waals surface area contributed by atoms with Gasteiger partial charge in [0, 0.05) is 18.2 Å². The summed E-state index contributed by atoms with van der Waals surface area (Å²) in [4.78, 5) is 25.1. The van der Waals surface area contributed by atoms with Gasteiger partial charge >= 0.3 is 12.4 Å². The summed E-state index contributed by atoms with van der Waals surface area (Å²) >= 11 is 6.13. The topological polar surface area (TPSA) is 34.1 Å². The molecule has 0 N–H and O–H groups in total. The quantitative estimate of drug-likeness (QED) is 0.223. The highest BCUT2D eigenvalue weighted by atomic mass is 35.5. The van der Waals surface area contributed by atoms with Gasteiger partial charge in [0.15, 0.2) is 11.6 Å². The van der Waals surface area contributed by atoms with Crippen LogP contribution in [0.4, 0.5) is 26.3 Å². The fraction of sp³-hybridized carbons (Fsp3) is 0.524. The molecule has 164 valence electrons. The molecule has 0 spiro atoms. The van der Waals surface area contributed by atoms with E-state index in [4.69, 9.17) is 11.6 Å². The zero-order valence-electron chi connectivity index (χ0n) is 15.7. The van der Waals surface area contributed by atoms with Crippen LogP contribution in [-0.2, 0) is 21.9 Å². The molecule has 9 heteroatoms. The Hall–Kier alpha value is -1.83. The molecule has 0 heterocycles. The summed E-state index contributed by atoms with van der Waals surface area (Å²) in [5.74, 6) is -2.18. The van der Waals surface area contributed by atoms with Crippen LogP contribution in [0.3, 0.4) is 0 Å².